The van der Waals surface area contributed by atoms with E-state index in [2.05, 4.69) is 66.0 Å². The largest absolute Gasteiger partial charge is 0.0864 e. The number of halogens is 2. The lowest BCUT2D eigenvalue weighted by atomic mass is 10.0. The van der Waals surface area contributed by atoms with Gasteiger partial charge < -0.3 is 0 Å². The second-order valence-electron chi connectivity index (χ2n) is 16.3. The fourth-order valence-corrected chi connectivity index (χ4v) is 8.80. The third-order valence-corrected chi connectivity index (χ3v) is 13.0. The quantitative estimate of drug-likeness (QED) is 0.0325. The first-order valence-corrected chi connectivity index (χ1v) is 26.7. The van der Waals surface area contributed by atoms with Gasteiger partial charge in [-0.2, -0.15) is 0 Å². The number of alkyl halides is 2. The van der Waals surface area contributed by atoms with Crippen LogP contribution in [0.15, 0.2) is 0 Å². The molecule has 0 aliphatic carbocycles. The monoisotopic (exact) mass is 929 g/mol. The van der Waals surface area contributed by atoms with E-state index in [0.717, 1.165) is 3.92 Å². The van der Waals surface area contributed by atoms with E-state index in [9.17, 15) is 0 Å². The number of unbranched alkanes of at least 4 members (excludes halogenated alkanes) is 38. The maximum absolute atomic E-state index is 2.73. The maximum Gasteiger partial charge on any atom is 0.0110 e. The SMILES string of the molecule is CCCCCCCCCCCCCCCCC(I)CCCCCCCCCCCCCCC.CCCCCCCCCCCCCCCCI. The molecule has 0 spiro atoms. The number of rotatable bonds is 43. The lowest BCUT2D eigenvalue weighted by molar-refractivity contribution is 0.520. The van der Waals surface area contributed by atoms with E-state index >= 15 is 0 Å². The number of hydrogen-bond acceptors (Lipinski definition) is 0. The predicted octanol–water partition coefficient (Wildman–Crippen LogP) is 20.0. The fourth-order valence-electron chi connectivity index (χ4n) is 7.38. The molecule has 0 heterocycles. The number of hydrogen-bond donors (Lipinski definition) is 0. The Hall–Kier alpha value is 1.46. The first-order valence-electron chi connectivity index (χ1n) is 23.9. The van der Waals surface area contributed by atoms with Crippen LogP contribution in [0.2, 0.25) is 0 Å². The molecule has 2 heteroatoms. The minimum Gasteiger partial charge on any atom is -0.0864 e. The smallest absolute Gasteiger partial charge is 0.0110 e. The van der Waals surface area contributed by atoms with Crippen molar-refractivity contribution in [3.63, 3.8) is 0 Å². The van der Waals surface area contributed by atoms with Crippen molar-refractivity contribution in [2.24, 2.45) is 0 Å². The van der Waals surface area contributed by atoms with Gasteiger partial charge in [-0.15, -0.1) is 0 Å². The van der Waals surface area contributed by atoms with Gasteiger partial charge in [-0.3, -0.25) is 0 Å². The van der Waals surface area contributed by atoms with Crippen molar-refractivity contribution in [1.29, 1.82) is 0 Å². The molecular formula is C48H98I2. The first-order chi connectivity index (χ1) is 24.7. The molecule has 0 aliphatic rings. The van der Waals surface area contributed by atoms with E-state index in [1.807, 2.05) is 0 Å². The van der Waals surface area contributed by atoms with Crippen LogP contribution in [0.4, 0.5) is 0 Å². The second-order valence-corrected chi connectivity index (χ2v) is 19.1. The van der Waals surface area contributed by atoms with Crippen molar-refractivity contribution in [2.75, 3.05) is 4.43 Å². The molecule has 304 valence electrons. The lowest BCUT2D eigenvalue weighted by Crippen LogP contribution is -1.97. The minimum absolute atomic E-state index is 0.938. The van der Waals surface area contributed by atoms with E-state index in [1.165, 1.54) is 281 Å². The van der Waals surface area contributed by atoms with E-state index in [-0.39, 0.29) is 0 Å². The molecule has 0 N–H and O–H groups in total. The van der Waals surface area contributed by atoms with Crippen molar-refractivity contribution in [3.05, 3.63) is 0 Å². The Morgan fingerprint density at radius 1 is 0.240 bits per heavy atom. The van der Waals surface area contributed by atoms with Crippen LogP contribution in [0.1, 0.15) is 297 Å². The van der Waals surface area contributed by atoms with Crippen LogP contribution in [-0.4, -0.2) is 8.35 Å². The highest BCUT2D eigenvalue weighted by atomic mass is 127. The molecule has 50 heavy (non-hydrogen) atoms. The summed E-state index contributed by atoms with van der Waals surface area (Å²) in [5.41, 5.74) is 0. The van der Waals surface area contributed by atoms with Gasteiger partial charge in [0.2, 0.25) is 0 Å². The third kappa shape index (κ3) is 53.8. The van der Waals surface area contributed by atoms with Gasteiger partial charge in [0.05, 0.1) is 0 Å². The average molecular weight is 929 g/mol. The zero-order valence-corrected chi connectivity index (χ0v) is 39.8. The van der Waals surface area contributed by atoms with Crippen molar-refractivity contribution in [2.45, 2.75) is 301 Å². The summed E-state index contributed by atoms with van der Waals surface area (Å²) in [6, 6.07) is 0. The van der Waals surface area contributed by atoms with Crippen LogP contribution in [0, 0.1) is 0 Å². The molecule has 0 amide bonds. The first kappa shape index (κ1) is 53.6. The molecule has 0 saturated heterocycles. The maximum atomic E-state index is 2.73. The van der Waals surface area contributed by atoms with Crippen molar-refractivity contribution >= 4 is 45.2 Å². The van der Waals surface area contributed by atoms with Crippen LogP contribution in [0.5, 0.6) is 0 Å². The van der Waals surface area contributed by atoms with Crippen LogP contribution < -0.4 is 0 Å². The second kappa shape index (κ2) is 52.6. The van der Waals surface area contributed by atoms with Crippen molar-refractivity contribution < 1.29 is 0 Å². The Morgan fingerprint density at radius 3 is 0.580 bits per heavy atom. The zero-order valence-electron chi connectivity index (χ0n) is 35.4. The van der Waals surface area contributed by atoms with Gasteiger partial charge in [0.25, 0.3) is 0 Å². The summed E-state index contributed by atoms with van der Waals surface area (Å²) in [4.78, 5) is 0. The molecule has 1 atom stereocenters. The van der Waals surface area contributed by atoms with Gasteiger partial charge >= 0.3 is 0 Å². The third-order valence-electron chi connectivity index (χ3n) is 11.0. The Kier molecular flexibility index (Phi) is 56.3. The van der Waals surface area contributed by atoms with Crippen molar-refractivity contribution in [3.8, 4) is 0 Å². The molecule has 0 fully saturated rings. The van der Waals surface area contributed by atoms with Gasteiger partial charge in [-0.1, -0.05) is 323 Å². The summed E-state index contributed by atoms with van der Waals surface area (Å²) in [7, 11) is 0. The van der Waals surface area contributed by atoms with Crippen LogP contribution in [-0.2, 0) is 0 Å². The molecule has 0 saturated carbocycles. The summed E-state index contributed by atoms with van der Waals surface area (Å²) in [5.74, 6) is 0. The summed E-state index contributed by atoms with van der Waals surface area (Å²) in [6.07, 6.45) is 63.2. The molecule has 0 aromatic heterocycles. The lowest BCUT2D eigenvalue weighted by Gasteiger charge is -2.09. The zero-order chi connectivity index (χ0) is 36.7. The van der Waals surface area contributed by atoms with Crippen LogP contribution in [0.25, 0.3) is 0 Å². The van der Waals surface area contributed by atoms with Gasteiger partial charge in [0.1, 0.15) is 0 Å². The summed E-state index contributed by atoms with van der Waals surface area (Å²) in [6.45, 7) is 6.91. The molecule has 1 unspecified atom stereocenters. The molecule has 0 aromatic rings. The summed E-state index contributed by atoms with van der Waals surface area (Å²) >= 11 is 5.22. The fraction of sp³-hybridized carbons (Fsp3) is 1.00. The predicted molar refractivity (Wildman–Crippen MR) is 252 cm³/mol. The molecule has 0 bridgehead atoms. The molecule has 0 nitrogen and oxygen atoms in total. The van der Waals surface area contributed by atoms with E-state index < -0.39 is 0 Å². The van der Waals surface area contributed by atoms with E-state index in [1.54, 1.807) is 0 Å². The Labute approximate surface area is 347 Å². The highest BCUT2D eigenvalue weighted by molar-refractivity contribution is 14.1. The molecule has 0 radical (unpaired) electrons. The van der Waals surface area contributed by atoms with Gasteiger partial charge in [0, 0.05) is 3.92 Å². The average Bonchev–Trinajstić information content (AvgIpc) is 3.12. The molecule has 0 aromatic carbocycles. The summed E-state index contributed by atoms with van der Waals surface area (Å²) in [5, 5.41) is 0. The molecule has 0 rings (SSSR count). The highest BCUT2D eigenvalue weighted by Gasteiger charge is 2.04. The van der Waals surface area contributed by atoms with Crippen LogP contribution >= 0.6 is 45.2 Å². The molecular weight excluding hydrogens is 830 g/mol. The standard InChI is InChI=1S/C32H65I.C16H33I/c1-3-5-7-9-11-13-15-17-19-21-23-25-27-29-31-32(33)30-28-26-24-22-20-18-16-14-12-10-8-6-4-2;1-2-3-4-5-6-7-8-9-10-11-12-13-14-15-16-17/h32H,3-31H2,1-2H3;2-16H2,1H3. The normalized spacial score (nSPS) is 11.9. The van der Waals surface area contributed by atoms with Gasteiger partial charge in [-0.05, 0) is 23.7 Å². The molecule has 0 aliphatic heterocycles. The van der Waals surface area contributed by atoms with Crippen molar-refractivity contribution in [1.82, 2.24) is 0 Å². The van der Waals surface area contributed by atoms with E-state index in [4.69, 9.17) is 0 Å². The highest BCUT2D eigenvalue weighted by Crippen LogP contribution is 2.21. The minimum atomic E-state index is 0.938. The van der Waals surface area contributed by atoms with Gasteiger partial charge in [-0.25, -0.2) is 0 Å². The van der Waals surface area contributed by atoms with Gasteiger partial charge in [0.15, 0.2) is 0 Å². The van der Waals surface area contributed by atoms with Crippen LogP contribution in [0.3, 0.4) is 0 Å². The Morgan fingerprint density at radius 2 is 0.400 bits per heavy atom. The Bertz CT molecular complexity index is 520. The topological polar surface area (TPSA) is 0 Å². The summed E-state index contributed by atoms with van der Waals surface area (Å²) < 4.78 is 2.28. The Balaban J connectivity index is 0. The van der Waals surface area contributed by atoms with E-state index in [0.29, 0.717) is 0 Å².